The highest BCUT2D eigenvalue weighted by Crippen LogP contribution is 2.22. The van der Waals surface area contributed by atoms with Crippen LogP contribution in [0, 0.1) is 11.6 Å². The quantitative estimate of drug-likeness (QED) is 0.386. The summed E-state index contributed by atoms with van der Waals surface area (Å²) in [6.07, 6.45) is 3.21. The Balaban J connectivity index is 1.50. The number of carbonyl (C=O) groups is 2. The first-order valence-electron chi connectivity index (χ1n) is 11.0. The number of nitrogens with one attached hydrogen (secondary N) is 3. The second kappa shape index (κ2) is 10.7. The second-order valence-electron chi connectivity index (χ2n) is 8.09. The molecular weight excluding hydrogens is 478 g/mol. The van der Waals surface area contributed by atoms with Crippen LogP contribution in [-0.2, 0) is 6.54 Å². The lowest BCUT2D eigenvalue weighted by molar-refractivity contribution is 0.0923. The van der Waals surface area contributed by atoms with Crippen LogP contribution < -0.4 is 21.7 Å². The number of hydrogen-bond acceptors (Lipinski definition) is 6. The molecular formula is C24H23ClF2N6O2. The van der Waals surface area contributed by atoms with Crippen molar-refractivity contribution in [2.45, 2.75) is 25.4 Å². The number of benzene rings is 2. The monoisotopic (exact) mass is 500 g/mol. The molecule has 0 spiro atoms. The first-order chi connectivity index (χ1) is 16.8. The molecule has 2 heterocycles. The molecule has 35 heavy (non-hydrogen) atoms. The molecule has 1 unspecified atom stereocenters. The molecule has 1 aliphatic heterocycles. The maximum atomic E-state index is 14.1. The first-order valence-corrected chi connectivity index (χ1v) is 11.4. The zero-order chi connectivity index (χ0) is 24.9. The molecule has 1 fully saturated rings. The third-order valence-electron chi connectivity index (χ3n) is 5.63. The number of hydrogen-bond donors (Lipinski definition) is 4. The predicted octanol–water partition coefficient (Wildman–Crippen LogP) is 3.07. The number of anilines is 1. The number of halogens is 3. The number of nitrogens with two attached hydrogens (primary N) is 1. The number of amides is 2. The van der Waals surface area contributed by atoms with Crippen LogP contribution in [0.25, 0.3) is 11.3 Å². The molecule has 2 aromatic carbocycles. The highest BCUT2D eigenvalue weighted by molar-refractivity contribution is 6.30. The SMILES string of the molecule is Nc1ncc(-c2cccc(C(=O)NCc3c(F)ccc(Cl)c3F)c2)nc1C(=O)NC1CCCNC1. The normalized spacial score (nSPS) is 15.5. The molecule has 1 aromatic heterocycles. The Morgan fingerprint density at radius 3 is 2.80 bits per heavy atom. The molecule has 8 nitrogen and oxygen atoms in total. The van der Waals surface area contributed by atoms with E-state index < -0.39 is 23.4 Å². The summed E-state index contributed by atoms with van der Waals surface area (Å²) >= 11 is 5.70. The van der Waals surface area contributed by atoms with E-state index in [0.717, 1.165) is 31.5 Å². The van der Waals surface area contributed by atoms with Gasteiger partial charge in [0.05, 0.1) is 16.9 Å². The number of rotatable bonds is 6. The van der Waals surface area contributed by atoms with E-state index in [0.29, 0.717) is 17.8 Å². The Labute approximate surface area is 205 Å². The van der Waals surface area contributed by atoms with Gasteiger partial charge in [-0.1, -0.05) is 23.7 Å². The van der Waals surface area contributed by atoms with Gasteiger partial charge in [0, 0.05) is 35.8 Å². The van der Waals surface area contributed by atoms with Crippen molar-refractivity contribution in [2.24, 2.45) is 0 Å². The van der Waals surface area contributed by atoms with Gasteiger partial charge in [-0.15, -0.1) is 0 Å². The van der Waals surface area contributed by atoms with Crippen LogP contribution in [0.15, 0.2) is 42.6 Å². The lowest BCUT2D eigenvalue weighted by atomic mass is 10.1. The van der Waals surface area contributed by atoms with Crippen LogP contribution in [0.1, 0.15) is 39.3 Å². The van der Waals surface area contributed by atoms with Crippen LogP contribution in [0.2, 0.25) is 5.02 Å². The minimum atomic E-state index is -0.923. The molecule has 0 radical (unpaired) electrons. The smallest absolute Gasteiger partial charge is 0.274 e. The molecule has 11 heteroatoms. The van der Waals surface area contributed by atoms with E-state index >= 15 is 0 Å². The van der Waals surface area contributed by atoms with Crippen molar-refractivity contribution >= 4 is 29.2 Å². The number of piperidine rings is 1. The summed E-state index contributed by atoms with van der Waals surface area (Å²) in [5.74, 6) is -2.73. The fourth-order valence-corrected chi connectivity index (χ4v) is 3.93. The summed E-state index contributed by atoms with van der Waals surface area (Å²) in [7, 11) is 0. The van der Waals surface area contributed by atoms with Crippen molar-refractivity contribution in [3.63, 3.8) is 0 Å². The molecule has 1 atom stereocenters. The summed E-state index contributed by atoms with van der Waals surface area (Å²) in [5.41, 5.74) is 6.63. The average Bonchev–Trinajstić information content (AvgIpc) is 2.87. The van der Waals surface area contributed by atoms with Crippen LogP contribution in [-0.4, -0.2) is 40.9 Å². The first kappa shape index (κ1) is 24.5. The molecule has 4 rings (SSSR count). The van der Waals surface area contributed by atoms with Crippen LogP contribution in [0.3, 0.4) is 0 Å². The highest BCUT2D eigenvalue weighted by atomic mass is 35.5. The molecule has 3 aromatic rings. The summed E-state index contributed by atoms with van der Waals surface area (Å²) in [4.78, 5) is 33.8. The number of aromatic nitrogens is 2. The Morgan fingerprint density at radius 2 is 2.03 bits per heavy atom. The van der Waals surface area contributed by atoms with Gasteiger partial charge in [0.15, 0.2) is 11.5 Å². The molecule has 1 aliphatic rings. The van der Waals surface area contributed by atoms with E-state index in [-0.39, 0.29) is 40.2 Å². The molecule has 0 aliphatic carbocycles. The van der Waals surface area contributed by atoms with E-state index in [2.05, 4.69) is 25.9 Å². The van der Waals surface area contributed by atoms with E-state index in [1.807, 2.05) is 0 Å². The predicted molar refractivity (Wildman–Crippen MR) is 128 cm³/mol. The molecule has 1 saturated heterocycles. The molecule has 5 N–H and O–H groups in total. The maximum absolute atomic E-state index is 14.1. The van der Waals surface area contributed by atoms with Crippen molar-refractivity contribution in [1.29, 1.82) is 0 Å². The summed E-state index contributed by atoms with van der Waals surface area (Å²) in [5, 5.41) is 8.38. The molecule has 182 valence electrons. The third-order valence-corrected chi connectivity index (χ3v) is 5.93. The van der Waals surface area contributed by atoms with Crippen LogP contribution in [0.5, 0.6) is 0 Å². The maximum Gasteiger partial charge on any atom is 0.274 e. The largest absolute Gasteiger partial charge is 0.382 e. The Morgan fingerprint density at radius 1 is 1.20 bits per heavy atom. The van der Waals surface area contributed by atoms with Crippen molar-refractivity contribution in [3.8, 4) is 11.3 Å². The van der Waals surface area contributed by atoms with Crippen LogP contribution in [0.4, 0.5) is 14.6 Å². The molecule has 0 bridgehead atoms. The van der Waals surface area contributed by atoms with Gasteiger partial charge in [-0.3, -0.25) is 9.59 Å². The summed E-state index contributed by atoms with van der Waals surface area (Å²) in [6, 6.07) is 8.50. The zero-order valence-corrected chi connectivity index (χ0v) is 19.3. The minimum absolute atomic E-state index is 0.00478. The van der Waals surface area contributed by atoms with E-state index in [1.165, 1.54) is 18.3 Å². The number of carbonyl (C=O) groups excluding carboxylic acids is 2. The minimum Gasteiger partial charge on any atom is -0.382 e. The van der Waals surface area contributed by atoms with Crippen molar-refractivity contribution < 1.29 is 18.4 Å². The van der Waals surface area contributed by atoms with Gasteiger partial charge in [-0.2, -0.15) is 0 Å². The van der Waals surface area contributed by atoms with E-state index in [1.54, 1.807) is 12.1 Å². The fourth-order valence-electron chi connectivity index (χ4n) is 3.75. The fraction of sp³-hybridized carbons (Fsp3) is 0.250. The van der Waals surface area contributed by atoms with Gasteiger partial charge in [0.25, 0.3) is 11.8 Å². The standard InChI is InChI=1S/C24H23ClF2N6O2/c25-17-6-7-18(26)16(20(17)27)11-31-23(34)14-4-1-3-13(9-14)19-12-30-22(28)21(33-19)24(35)32-15-5-2-8-29-10-15/h1,3-4,6-7,9,12,15,29H,2,5,8,10-11H2,(H2,28,30)(H,31,34)(H,32,35). The lowest BCUT2D eigenvalue weighted by Gasteiger charge is -2.23. The Kier molecular flexibility index (Phi) is 7.52. The zero-order valence-electron chi connectivity index (χ0n) is 18.6. The Bertz CT molecular complexity index is 1270. The van der Waals surface area contributed by atoms with Gasteiger partial charge in [-0.25, -0.2) is 18.7 Å². The molecule has 0 saturated carbocycles. The van der Waals surface area contributed by atoms with Crippen molar-refractivity contribution in [3.05, 3.63) is 76.1 Å². The van der Waals surface area contributed by atoms with Gasteiger partial charge in [0.2, 0.25) is 0 Å². The van der Waals surface area contributed by atoms with Crippen molar-refractivity contribution in [2.75, 3.05) is 18.8 Å². The number of nitrogens with zero attached hydrogens (tertiary/aromatic N) is 2. The second-order valence-corrected chi connectivity index (χ2v) is 8.50. The third kappa shape index (κ3) is 5.72. The molecule has 2 amide bonds. The number of nitrogen functional groups attached to an aromatic ring is 1. The van der Waals surface area contributed by atoms with Gasteiger partial charge in [-0.05, 0) is 43.7 Å². The lowest BCUT2D eigenvalue weighted by Crippen LogP contribution is -2.46. The average molecular weight is 501 g/mol. The van der Waals surface area contributed by atoms with Crippen LogP contribution >= 0.6 is 11.6 Å². The summed E-state index contributed by atoms with van der Waals surface area (Å²) < 4.78 is 28.0. The topological polar surface area (TPSA) is 122 Å². The van der Waals surface area contributed by atoms with Gasteiger partial charge >= 0.3 is 0 Å². The van der Waals surface area contributed by atoms with E-state index in [4.69, 9.17) is 17.3 Å². The Hall–Kier alpha value is -3.63. The highest BCUT2D eigenvalue weighted by Gasteiger charge is 2.21. The van der Waals surface area contributed by atoms with Crippen molar-refractivity contribution in [1.82, 2.24) is 25.9 Å². The summed E-state index contributed by atoms with van der Waals surface area (Å²) in [6.45, 7) is 1.19. The van der Waals surface area contributed by atoms with E-state index in [9.17, 15) is 18.4 Å². The van der Waals surface area contributed by atoms with Gasteiger partial charge in [0.1, 0.15) is 11.6 Å². The van der Waals surface area contributed by atoms with Gasteiger partial charge < -0.3 is 21.7 Å².